The van der Waals surface area contributed by atoms with Crippen molar-refractivity contribution in [2.75, 3.05) is 18.1 Å². The van der Waals surface area contributed by atoms with Gasteiger partial charge in [0.05, 0.1) is 4.58 Å². The zero-order chi connectivity index (χ0) is 18.4. The fourth-order valence-electron chi connectivity index (χ4n) is 2.48. The van der Waals surface area contributed by atoms with Crippen LogP contribution in [0.1, 0.15) is 26.1 Å². The smallest absolute Gasteiger partial charge is 0.276 e. The third-order valence-electron chi connectivity index (χ3n) is 3.85. The second-order valence-corrected chi connectivity index (χ2v) is 8.47. The first-order valence-electron chi connectivity index (χ1n) is 8.24. The number of rotatable bonds is 5. The lowest BCUT2D eigenvalue weighted by molar-refractivity contribution is -0.123. The minimum atomic E-state index is -0.419. The van der Waals surface area contributed by atoms with Crippen molar-refractivity contribution in [3.63, 3.8) is 0 Å². The van der Waals surface area contributed by atoms with Crippen LogP contribution in [0.5, 0.6) is 5.75 Å². The number of ether oxygens (including phenoxy) is 1. The number of hydrogen-bond donors (Lipinski definition) is 2. The molecular formula is C19H20N2O3S2. The van der Waals surface area contributed by atoms with Gasteiger partial charge in [-0.2, -0.15) is 0 Å². The molecule has 2 aromatic rings. The second-order valence-electron chi connectivity index (χ2n) is 5.75. The van der Waals surface area contributed by atoms with E-state index in [4.69, 9.17) is 4.74 Å². The molecule has 26 heavy (non-hydrogen) atoms. The number of nitrogens with one attached hydrogen (secondary N) is 2. The maximum atomic E-state index is 12.0. The van der Waals surface area contributed by atoms with Crippen molar-refractivity contribution in [2.24, 2.45) is 0 Å². The summed E-state index contributed by atoms with van der Waals surface area (Å²) in [4.78, 5) is 23.9. The van der Waals surface area contributed by atoms with Crippen LogP contribution < -0.4 is 15.6 Å². The average Bonchev–Trinajstić information content (AvgIpc) is 3.20. The highest BCUT2D eigenvalue weighted by Crippen LogP contribution is 2.45. The Morgan fingerprint density at radius 3 is 2.42 bits per heavy atom. The Labute approximate surface area is 161 Å². The molecule has 0 saturated carbocycles. The van der Waals surface area contributed by atoms with Gasteiger partial charge in [-0.3, -0.25) is 20.4 Å². The van der Waals surface area contributed by atoms with Gasteiger partial charge in [-0.15, -0.1) is 23.5 Å². The molecule has 2 aromatic carbocycles. The van der Waals surface area contributed by atoms with Crippen molar-refractivity contribution >= 4 is 35.3 Å². The first-order valence-corrected chi connectivity index (χ1v) is 10.3. The van der Waals surface area contributed by atoms with Crippen LogP contribution in [0.25, 0.3) is 0 Å². The summed E-state index contributed by atoms with van der Waals surface area (Å²) in [6.07, 6.45) is 0. The van der Waals surface area contributed by atoms with Gasteiger partial charge in [0, 0.05) is 17.1 Å². The zero-order valence-electron chi connectivity index (χ0n) is 14.4. The minimum absolute atomic E-state index is 0.166. The van der Waals surface area contributed by atoms with E-state index in [1.807, 2.05) is 66.8 Å². The number of amides is 2. The maximum Gasteiger partial charge on any atom is 0.276 e. The summed E-state index contributed by atoms with van der Waals surface area (Å²) in [5.41, 5.74) is 7.39. The lowest BCUT2D eigenvalue weighted by Crippen LogP contribution is -2.44. The standard InChI is InChI=1S/C19H20N2O3S2/c1-13-4-2-3-5-16(13)18(23)21-20-17(22)12-24-15-8-6-14(7-9-15)19-25-10-11-26-19/h2-9,19H,10-12H2,1H3,(H,20,22)(H,21,23). The van der Waals surface area contributed by atoms with Crippen molar-refractivity contribution < 1.29 is 14.3 Å². The highest BCUT2D eigenvalue weighted by atomic mass is 32.2. The van der Waals surface area contributed by atoms with Crippen molar-refractivity contribution in [3.05, 3.63) is 65.2 Å². The van der Waals surface area contributed by atoms with E-state index in [0.29, 0.717) is 15.9 Å². The molecule has 1 heterocycles. The van der Waals surface area contributed by atoms with Crippen LogP contribution in [-0.2, 0) is 4.79 Å². The molecule has 0 aromatic heterocycles. The Hall–Kier alpha value is -2.12. The summed E-state index contributed by atoms with van der Waals surface area (Å²) in [5, 5.41) is 0. The van der Waals surface area contributed by atoms with Crippen molar-refractivity contribution in [1.82, 2.24) is 10.9 Å². The van der Waals surface area contributed by atoms with Crippen LogP contribution in [0.3, 0.4) is 0 Å². The monoisotopic (exact) mass is 388 g/mol. The predicted octanol–water partition coefficient (Wildman–Crippen LogP) is 3.31. The normalized spacial score (nSPS) is 14.0. The highest BCUT2D eigenvalue weighted by Gasteiger charge is 2.18. The minimum Gasteiger partial charge on any atom is -0.484 e. The summed E-state index contributed by atoms with van der Waals surface area (Å²) in [6, 6.07) is 15.0. The number of benzene rings is 2. The molecule has 2 N–H and O–H groups in total. The van der Waals surface area contributed by atoms with E-state index in [2.05, 4.69) is 10.9 Å². The van der Waals surface area contributed by atoms with E-state index in [0.717, 1.165) is 5.56 Å². The van der Waals surface area contributed by atoms with Gasteiger partial charge in [0.15, 0.2) is 6.61 Å². The van der Waals surface area contributed by atoms with E-state index in [1.54, 1.807) is 12.1 Å². The van der Waals surface area contributed by atoms with Crippen molar-refractivity contribution in [3.8, 4) is 5.75 Å². The van der Waals surface area contributed by atoms with E-state index >= 15 is 0 Å². The molecule has 3 rings (SSSR count). The Bertz CT molecular complexity index is 775. The van der Waals surface area contributed by atoms with Gasteiger partial charge < -0.3 is 4.74 Å². The average molecular weight is 389 g/mol. The topological polar surface area (TPSA) is 67.4 Å². The van der Waals surface area contributed by atoms with Crippen LogP contribution in [0.4, 0.5) is 0 Å². The second kappa shape index (κ2) is 9.00. The predicted molar refractivity (Wildman–Crippen MR) is 106 cm³/mol. The Morgan fingerprint density at radius 1 is 1.04 bits per heavy atom. The SMILES string of the molecule is Cc1ccccc1C(=O)NNC(=O)COc1ccc(C2SCCS2)cc1. The van der Waals surface area contributed by atoms with Crippen LogP contribution in [0.2, 0.25) is 0 Å². The molecule has 7 heteroatoms. The first kappa shape index (κ1) is 18.7. The molecule has 0 aliphatic carbocycles. The molecule has 1 aliphatic rings. The fourth-order valence-corrected chi connectivity index (χ4v) is 5.34. The zero-order valence-corrected chi connectivity index (χ0v) is 16.0. The third kappa shape index (κ3) is 4.95. The van der Waals surface area contributed by atoms with Crippen molar-refractivity contribution in [2.45, 2.75) is 11.5 Å². The summed E-state index contributed by atoms with van der Waals surface area (Å²) in [5.74, 6) is 2.22. The molecular weight excluding hydrogens is 368 g/mol. The van der Waals surface area contributed by atoms with Gasteiger partial charge in [0.25, 0.3) is 11.8 Å². The van der Waals surface area contributed by atoms with E-state index < -0.39 is 5.91 Å². The maximum absolute atomic E-state index is 12.0. The number of carbonyl (C=O) groups is 2. The molecule has 136 valence electrons. The summed E-state index contributed by atoms with van der Waals surface area (Å²) < 4.78 is 5.96. The Kier molecular flexibility index (Phi) is 6.46. The number of hydrogen-bond acceptors (Lipinski definition) is 5. The molecule has 5 nitrogen and oxygen atoms in total. The van der Waals surface area contributed by atoms with Gasteiger partial charge in [-0.1, -0.05) is 30.3 Å². The number of aryl methyl sites for hydroxylation is 1. The summed E-state index contributed by atoms with van der Waals surface area (Å²) in [6.45, 7) is 1.67. The molecule has 2 amide bonds. The van der Waals surface area contributed by atoms with Crippen LogP contribution >= 0.6 is 23.5 Å². The van der Waals surface area contributed by atoms with Gasteiger partial charge in [-0.25, -0.2) is 0 Å². The molecule has 0 bridgehead atoms. The lowest BCUT2D eigenvalue weighted by Gasteiger charge is -2.11. The lowest BCUT2D eigenvalue weighted by atomic mass is 10.1. The Balaban J connectivity index is 1.44. The Morgan fingerprint density at radius 2 is 1.73 bits per heavy atom. The van der Waals surface area contributed by atoms with E-state index in [1.165, 1.54) is 17.1 Å². The van der Waals surface area contributed by atoms with Gasteiger partial charge in [0.1, 0.15) is 5.75 Å². The molecule has 1 aliphatic heterocycles. The third-order valence-corrected chi connectivity index (χ3v) is 6.95. The first-order chi connectivity index (χ1) is 12.6. The van der Waals surface area contributed by atoms with Crippen LogP contribution in [-0.4, -0.2) is 29.9 Å². The number of carbonyl (C=O) groups excluding carboxylic acids is 2. The van der Waals surface area contributed by atoms with Crippen molar-refractivity contribution in [1.29, 1.82) is 0 Å². The quantitative estimate of drug-likeness (QED) is 0.769. The highest BCUT2D eigenvalue weighted by molar-refractivity contribution is 8.19. The van der Waals surface area contributed by atoms with E-state index in [9.17, 15) is 9.59 Å². The van der Waals surface area contributed by atoms with Gasteiger partial charge in [-0.05, 0) is 36.2 Å². The molecule has 1 fully saturated rings. The van der Waals surface area contributed by atoms with Crippen LogP contribution in [0, 0.1) is 6.92 Å². The fraction of sp³-hybridized carbons (Fsp3) is 0.263. The largest absolute Gasteiger partial charge is 0.484 e. The number of hydrazine groups is 1. The van der Waals surface area contributed by atoms with Crippen LogP contribution in [0.15, 0.2) is 48.5 Å². The molecule has 0 spiro atoms. The molecule has 1 saturated heterocycles. The molecule has 0 unspecified atom stereocenters. The summed E-state index contributed by atoms with van der Waals surface area (Å²) in [7, 11) is 0. The van der Waals surface area contributed by atoms with Gasteiger partial charge >= 0.3 is 0 Å². The van der Waals surface area contributed by atoms with Gasteiger partial charge in [0.2, 0.25) is 0 Å². The molecule has 0 radical (unpaired) electrons. The van der Waals surface area contributed by atoms with E-state index in [-0.39, 0.29) is 12.5 Å². The molecule has 0 atom stereocenters. The number of thioether (sulfide) groups is 2. The summed E-state index contributed by atoms with van der Waals surface area (Å²) >= 11 is 3.89.